The van der Waals surface area contributed by atoms with Crippen molar-refractivity contribution in [2.75, 3.05) is 7.11 Å². The Kier molecular flexibility index (Phi) is 4.83. The van der Waals surface area contributed by atoms with Crippen LogP contribution in [0.4, 0.5) is 0 Å². The van der Waals surface area contributed by atoms with Gasteiger partial charge in [-0.2, -0.15) is 4.98 Å². The van der Waals surface area contributed by atoms with Gasteiger partial charge in [0.05, 0.1) is 30.4 Å². The van der Waals surface area contributed by atoms with Crippen molar-refractivity contribution in [2.24, 2.45) is 0 Å². The van der Waals surface area contributed by atoms with Crippen molar-refractivity contribution in [3.05, 3.63) is 80.8 Å². The SMILES string of the molecule is COc1ccccc1-c1noc(Cc2nc(-c3cc4cc(C)ccc4oc3=O)cs2)n1. The molecule has 0 aliphatic carbocycles. The highest BCUT2D eigenvalue weighted by Crippen LogP contribution is 2.28. The third-order valence-corrected chi connectivity index (χ3v) is 5.68. The first-order chi connectivity index (χ1) is 15.1. The van der Waals surface area contributed by atoms with E-state index in [1.165, 1.54) is 11.3 Å². The lowest BCUT2D eigenvalue weighted by atomic mass is 10.1. The Morgan fingerprint density at radius 2 is 1.94 bits per heavy atom. The molecule has 0 aliphatic heterocycles. The first-order valence-electron chi connectivity index (χ1n) is 9.56. The van der Waals surface area contributed by atoms with Gasteiger partial charge in [-0.05, 0) is 37.3 Å². The van der Waals surface area contributed by atoms with E-state index >= 15 is 0 Å². The molecule has 0 bridgehead atoms. The molecular weight excluding hydrogens is 414 g/mol. The number of hydrogen-bond acceptors (Lipinski definition) is 8. The first-order valence-corrected chi connectivity index (χ1v) is 10.4. The van der Waals surface area contributed by atoms with Gasteiger partial charge in [0, 0.05) is 10.8 Å². The Bertz CT molecular complexity index is 1450. The van der Waals surface area contributed by atoms with Crippen molar-refractivity contribution in [3.8, 4) is 28.4 Å². The summed E-state index contributed by atoms with van der Waals surface area (Å²) in [5.74, 6) is 1.56. The normalized spacial score (nSPS) is 11.2. The predicted octanol–water partition coefficient (Wildman–Crippen LogP) is 4.87. The summed E-state index contributed by atoms with van der Waals surface area (Å²) < 4.78 is 16.2. The van der Waals surface area contributed by atoms with Crippen LogP contribution in [-0.2, 0) is 6.42 Å². The van der Waals surface area contributed by atoms with Crippen molar-refractivity contribution in [2.45, 2.75) is 13.3 Å². The van der Waals surface area contributed by atoms with E-state index in [1.807, 2.05) is 54.8 Å². The Morgan fingerprint density at radius 3 is 2.81 bits per heavy atom. The van der Waals surface area contributed by atoms with E-state index in [2.05, 4.69) is 15.1 Å². The molecule has 0 unspecified atom stereocenters. The van der Waals surface area contributed by atoms with E-state index in [0.717, 1.165) is 21.5 Å². The molecule has 0 saturated carbocycles. The smallest absolute Gasteiger partial charge is 0.345 e. The van der Waals surface area contributed by atoms with Crippen molar-refractivity contribution in [3.63, 3.8) is 0 Å². The number of rotatable bonds is 5. The van der Waals surface area contributed by atoms with Crippen LogP contribution in [0.3, 0.4) is 0 Å². The summed E-state index contributed by atoms with van der Waals surface area (Å²) >= 11 is 1.43. The highest BCUT2D eigenvalue weighted by molar-refractivity contribution is 7.10. The zero-order valence-corrected chi connectivity index (χ0v) is 17.6. The van der Waals surface area contributed by atoms with Crippen LogP contribution in [-0.4, -0.2) is 22.2 Å². The van der Waals surface area contributed by atoms with Gasteiger partial charge in [-0.1, -0.05) is 28.9 Å². The van der Waals surface area contributed by atoms with Gasteiger partial charge in [0.25, 0.3) is 0 Å². The van der Waals surface area contributed by atoms with Gasteiger partial charge in [0.15, 0.2) is 0 Å². The van der Waals surface area contributed by atoms with Gasteiger partial charge in [0.1, 0.15) is 16.3 Å². The number of aromatic nitrogens is 3. The molecule has 0 aliphatic rings. The summed E-state index contributed by atoms with van der Waals surface area (Å²) in [5, 5.41) is 7.51. The van der Waals surface area contributed by atoms with Gasteiger partial charge in [0.2, 0.25) is 11.7 Å². The number of aryl methyl sites for hydroxylation is 1. The summed E-state index contributed by atoms with van der Waals surface area (Å²) in [5.41, 5.74) is 2.99. The van der Waals surface area contributed by atoms with E-state index in [1.54, 1.807) is 13.2 Å². The molecule has 7 nitrogen and oxygen atoms in total. The lowest BCUT2D eigenvalue weighted by Gasteiger charge is -2.02. The summed E-state index contributed by atoms with van der Waals surface area (Å²) in [6.45, 7) is 1.99. The number of nitrogens with zero attached hydrogens (tertiary/aromatic N) is 3. The molecule has 5 aromatic rings. The Hall–Kier alpha value is -3.78. The van der Waals surface area contributed by atoms with E-state index < -0.39 is 5.63 Å². The fraction of sp³-hybridized carbons (Fsp3) is 0.130. The van der Waals surface area contributed by atoms with Gasteiger partial charge < -0.3 is 13.7 Å². The molecule has 0 radical (unpaired) electrons. The molecule has 31 heavy (non-hydrogen) atoms. The monoisotopic (exact) mass is 431 g/mol. The number of ether oxygens (including phenoxy) is 1. The fourth-order valence-corrected chi connectivity index (χ4v) is 4.12. The second-order valence-corrected chi connectivity index (χ2v) is 7.95. The molecule has 0 atom stereocenters. The van der Waals surface area contributed by atoms with Crippen molar-refractivity contribution >= 4 is 22.3 Å². The van der Waals surface area contributed by atoms with E-state index in [9.17, 15) is 4.79 Å². The second kappa shape index (κ2) is 7.81. The van der Waals surface area contributed by atoms with Crippen LogP contribution in [0.5, 0.6) is 5.75 Å². The highest BCUT2D eigenvalue weighted by Gasteiger charge is 2.16. The largest absolute Gasteiger partial charge is 0.496 e. The van der Waals surface area contributed by atoms with Gasteiger partial charge in [-0.25, -0.2) is 9.78 Å². The van der Waals surface area contributed by atoms with Crippen LogP contribution < -0.4 is 10.4 Å². The fourth-order valence-electron chi connectivity index (χ4n) is 3.33. The summed E-state index contributed by atoms with van der Waals surface area (Å²) in [7, 11) is 1.60. The third kappa shape index (κ3) is 3.73. The average molecular weight is 431 g/mol. The van der Waals surface area contributed by atoms with Gasteiger partial charge in [-0.3, -0.25) is 0 Å². The highest BCUT2D eigenvalue weighted by atomic mass is 32.1. The predicted molar refractivity (Wildman–Crippen MR) is 117 cm³/mol. The van der Waals surface area contributed by atoms with Gasteiger partial charge in [-0.15, -0.1) is 11.3 Å². The Morgan fingerprint density at radius 1 is 1.06 bits per heavy atom. The molecule has 0 amide bonds. The first kappa shape index (κ1) is 19.2. The maximum absolute atomic E-state index is 12.5. The van der Waals surface area contributed by atoms with Crippen molar-refractivity contribution < 1.29 is 13.7 Å². The molecule has 3 heterocycles. The van der Waals surface area contributed by atoms with E-state index in [4.69, 9.17) is 13.7 Å². The summed E-state index contributed by atoms with van der Waals surface area (Å²) in [4.78, 5) is 21.5. The lowest BCUT2D eigenvalue weighted by Crippen LogP contribution is -2.03. The third-order valence-electron chi connectivity index (χ3n) is 4.83. The molecular formula is C23H17N3O4S. The minimum Gasteiger partial charge on any atom is -0.496 e. The van der Waals surface area contributed by atoms with Crippen molar-refractivity contribution in [1.82, 2.24) is 15.1 Å². The number of hydrogen-bond donors (Lipinski definition) is 0. The molecule has 0 N–H and O–H groups in total. The quantitative estimate of drug-likeness (QED) is 0.367. The number of methoxy groups -OCH3 is 1. The maximum atomic E-state index is 12.5. The minimum atomic E-state index is -0.413. The molecule has 0 spiro atoms. The lowest BCUT2D eigenvalue weighted by molar-refractivity contribution is 0.384. The van der Waals surface area contributed by atoms with Crippen LogP contribution in [0.25, 0.3) is 33.6 Å². The average Bonchev–Trinajstić information content (AvgIpc) is 3.43. The zero-order chi connectivity index (χ0) is 21.4. The maximum Gasteiger partial charge on any atom is 0.345 e. The van der Waals surface area contributed by atoms with E-state index in [-0.39, 0.29) is 0 Å². The molecule has 2 aromatic carbocycles. The standard InChI is InChI=1S/C23H17N3O4S/c1-13-7-8-18-14(9-13)10-16(23(27)29-18)17-12-31-21(24-17)11-20-25-22(26-30-20)15-5-3-4-6-19(15)28-2/h3-10,12H,11H2,1-2H3. The molecule has 5 rings (SSSR count). The van der Waals surface area contributed by atoms with Crippen molar-refractivity contribution in [1.29, 1.82) is 0 Å². The van der Waals surface area contributed by atoms with E-state index in [0.29, 0.717) is 40.7 Å². The number of fused-ring (bicyclic) bond motifs is 1. The molecule has 8 heteroatoms. The number of thiazole rings is 1. The van der Waals surface area contributed by atoms with Crippen LogP contribution in [0.1, 0.15) is 16.5 Å². The van der Waals surface area contributed by atoms with Crippen LogP contribution in [0.2, 0.25) is 0 Å². The molecule has 3 aromatic heterocycles. The number of benzene rings is 2. The minimum absolute atomic E-state index is 0.366. The molecule has 0 saturated heterocycles. The molecule has 0 fully saturated rings. The second-order valence-electron chi connectivity index (χ2n) is 7.00. The van der Waals surface area contributed by atoms with Crippen LogP contribution >= 0.6 is 11.3 Å². The summed E-state index contributed by atoms with van der Waals surface area (Å²) in [6, 6.07) is 15.0. The molecule has 154 valence electrons. The van der Waals surface area contributed by atoms with Crippen LogP contribution in [0.15, 0.2) is 67.6 Å². The zero-order valence-electron chi connectivity index (χ0n) is 16.8. The van der Waals surface area contributed by atoms with Gasteiger partial charge >= 0.3 is 5.63 Å². The Labute approximate surface area is 181 Å². The summed E-state index contributed by atoms with van der Waals surface area (Å²) in [6.07, 6.45) is 0.366. The van der Waals surface area contributed by atoms with Crippen LogP contribution in [0, 0.1) is 6.92 Å². The number of para-hydroxylation sites is 1. The Balaban J connectivity index is 1.42. The topological polar surface area (TPSA) is 91.3 Å².